The maximum Gasteiger partial charge on any atom is 0.255 e. The molecule has 0 spiro atoms. The van der Waals surface area contributed by atoms with E-state index in [2.05, 4.69) is 36.3 Å². The van der Waals surface area contributed by atoms with Gasteiger partial charge in [-0.25, -0.2) is 0 Å². The Morgan fingerprint density at radius 3 is 2.64 bits per heavy atom. The van der Waals surface area contributed by atoms with Crippen LogP contribution < -0.4 is 15.8 Å². The van der Waals surface area contributed by atoms with Gasteiger partial charge in [-0.1, -0.05) is 11.6 Å². The smallest absolute Gasteiger partial charge is 0.255 e. The van der Waals surface area contributed by atoms with E-state index in [0.29, 0.717) is 31.0 Å². The van der Waals surface area contributed by atoms with Crippen LogP contribution in [0.1, 0.15) is 28.8 Å². The fraction of sp³-hybridized carbons (Fsp3) is 0.632. The predicted octanol–water partition coefficient (Wildman–Crippen LogP) is 1.09. The first-order chi connectivity index (χ1) is 11.9. The van der Waals surface area contributed by atoms with Gasteiger partial charge in [0.15, 0.2) is 0 Å². The highest BCUT2D eigenvalue weighted by molar-refractivity contribution is 5.97. The number of rotatable bonds is 7. The summed E-state index contributed by atoms with van der Waals surface area (Å²) >= 11 is 0. The molecule has 1 aliphatic rings. The second-order valence-electron chi connectivity index (χ2n) is 7.24. The fourth-order valence-electron chi connectivity index (χ4n) is 3.27. The van der Waals surface area contributed by atoms with Crippen molar-refractivity contribution in [3.8, 4) is 5.75 Å². The van der Waals surface area contributed by atoms with Crippen molar-refractivity contribution in [2.24, 2.45) is 5.73 Å². The number of piperidine rings is 1. The van der Waals surface area contributed by atoms with Gasteiger partial charge in [-0.15, -0.1) is 0 Å². The highest BCUT2D eigenvalue weighted by Crippen LogP contribution is 2.26. The lowest BCUT2D eigenvalue weighted by molar-refractivity contribution is 0.0610. The van der Waals surface area contributed by atoms with Crippen LogP contribution in [-0.4, -0.2) is 75.2 Å². The monoisotopic (exact) mass is 348 g/mol. The molecule has 1 aromatic carbocycles. The van der Waals surface area contributed by atoms with E-state index in [4.69, 9.17) is 10.5 Å². The number of aryl methyl sites for hydroxylation is 1. The average Bonchev–Trinajstić information content (AvgIpc) is 2.60. The number of ether oxygens (including phenoxy) is 1. The van der Waals surface area contributed by atoms with Gasteiger partial charge in [0.1, 0.15) is 12.4 Å². The quantitative estimate of drug-likeness (QED) is 0.772. The van der Waals surface area contributed by atoms with Gasteiger partial charge in [0.05, 0.1) is 5.56 Å². The molecule has 3 N–H and O–H groups in total. The summed E-state index contributed by atoms with van der Waals surface area (Å²) in [6.45, 7) is 5.52. The Hall–Kier alpha value is -1.63. The van der Waals surface area contributed by atoms with Gasteiger partial charge >= 0.3 is 0 Å². The molecule has 0 radical (unpaired) electrons. The first-order valence-electron chi connectivity index (χ1n) is 8.96. The number of carbonyl (C=O) groups is 1. The first kappa shape index (κ1) is 19.7. The molecule has 1 heterocycles. The zero-order valence-corrected chi connectivity index (χ0v) is 16.0. The van der Waals surface area contributed by atoms with Crippen molar-refractivity contribution < 1.29 is 9.53 Å². The molecule has 0 unspecified atom stereocenters. The molecule has 0 aliphatic carbocycles. The molecule has 0 atom stereocenters. The highest BCUT2D eigenvalue weighted by atomic mass is 16.5. The van der Waals surface area contributed by atoms with Crippen LogP contribution in [0.5, 0.6) is 5.75 Å². The van der Waals surface area contributed by atoms with Crippen molar-refractivity contribution in [2.75, 3.05) is 53.9 Å². The Morgan fingerprint density at radius 1 is 1.36 bits per heavy atom. The second kappa shape index (κ2) is 8.65. The van der Waals surface area contributed by atoms with E-state index in [0.717, 1.165) is 31.5 Å². The van der Waals surface area contributed by atoms with Crippen LogP contribution >= 0.6 is 0 Å². The molecule has 25 heavy (non-hydrogen) atoms. The maximum absolute atomic E-state index is 12.8. The van der Waals surface area contributed by atoms with Gasteiger partial charge in [0.2, 0.25) is 0 Å². The largest absolute Gasteiger partial charge is 0.491 e. The van der Waals surface area contributed by atoms with Crippen LogP contribution in [0.3, 0.4) is 0 Å². The third kappa shape index (κ3) is 4.93. The minimum atomic E-state index is -0.0872. The van der Waals surface area contributed by atoms with Crippen molar-refractivity contribution in [3.05, 3.63) is 29.3 Å². The number of nitrogens with zero attached hydrogens (tertiary/aromatic N) is 2. The number of hydrogen-bond acceptors (Lipinski definition) is 5. The molecule has 6 nitrogen and oxygen atoms in total. The van der Waals surface area contributed by atoms with E-state index in [1.807, 2.05) is 25.1 Å². The number of benzene rings is 1. The molecule has 1 aromatic rings. The molecule has 6 heteroatoms. The Morgan fingerprint density at radius 2 is 2.04 bits per heavy atom. The molecule has 2 rings (SSSR count). The summed E-state index contributed by atoms with van der Waals surface area (Å²) in [5.74, 6) is 0.506. The Balaban J connectivity index is 2.09. The number of nitrogens with two attached hydrogens (primary N) is 1. The summed E-state index contributed by atoms with van der Waals surface area (Å²) in [5, 5.41) is 3.14. The highest BCUT2D eigenvalue weighted by Gasteiger charge is 2.36. The number of likely N-dealkylation sites (N-methyl/N-ethyl adjacent to an activating group) is 1. The van der Waals surface area contributed by atoms with E-state index >= 15 is 0 Å². The number of amides is 1. The fourth-order valence-corrected chi connectivity index (χ4v) is 3.27. The number of hydrogen-bond donors (Lipinski definition) is 2. The van der Waals surface area contributed by atoms with E-state index in [1.165, 1.54) is 0 Å². The molecule has 0 saturated carbocycles. The van der Waals surface area contributed by atoms with Crippen molar-refractivity contribution >= 4 is 5.91 Å². The van der Waals surface area contributed by atoms with Crippen molar-refractivity contribution in [3.63, 3.8) is 0 Å². The minimum Gasteiger partial charge on any atom is -0.491 e. The number of nitrogens with one attached hydrogen (secondary N) is 1. The van der Waals surface area contributed by atoms with Gasteiger partial charge in [-0.2, -0.15) is 0 Å². The third-order valence-corrected chi connectivity index (χ3v) is 5.20. The van der Waals surface area contributed by atoms with Crippen molar-refractivity contribution in [1.82, 2.24) is 15.1 Å². The second-order valence-corrected chi connectivity index (χ2v) is 7.24. The molecule has 0 bridgehead atoms. The zero-order valence-electron chi connectivity index (χ0n) is 16.0. The van der Waals surface area contributed by atoms with Gasteiger partial charge in [0, 0.05) is 18.6 Å². The van der Waals surface area contributed by atoms with Crippen LogP contribution in [0.2, 0.25) is 0 Å². The lowest BCUT2D eigenvalue weighted by Gasteiger charge is -2.45. The van der Waals surface area contributed by atoms with Crippen LogP contribution in [0.4, 0.5) is 0 Å². The molecule has 140 valence electrons. The van der Waals surface area contributed by atoms with Gasteiger partial charge in [-0.05, 0) is 66.1 Å². The SMILES string of the molecule is Cc1ccc(OCCN)c(C(=O)NCC2(N(C)C)CCN(C)CC2)c1. The lowest BCUT2D eigenvalue weighted by atomic mass is 9.86. The molecule has 1 amide bonds. The van der Waals surface area contributed by atoms with E-state index in [9.17, 15) is 4.79 Å². The molecule has 1 saturated heterocycles. The summed E-state index contributed by atoms with van der Waals surface area (Å²) in [6, 6.07) is 5.66. The molecule has 0 aromatic heterocycles. The van der Waals surface area contributed by atoms with Crippen LogP contribution in [0.25, 0.3) is 0 Å². The summed E-state index contributed by atoms with van der Waals surface area (Å²) in [6.07, 6.45) is 2.09. The van der Waals surface area contributed by atoms with Gasteiger partial charge in [0.25, 0.3) is 5.91 Å². The van der Waals surface area contributed by atoms with Crippen LogP contribution in [0, 0.1) is 6.92 Å². The molecular formula is C19H32N4O2. The van der Waals surface area contributed by atoms with Gasteiger partial charge < -0.3 is 25.6 Å². The molecular weight excluding hydrogens is 316 g/mol. The summed E-state index contributed by atoms with van der Waals surface area (Å²) < 4.78 is 5.64. The summed E-state index contributed by atoms with van der Waals surface area (Å²) in [5.41, 5.74) is 7.13. The Labute approximate surface area is 151 Å². The molecule has 1 aliphatic heterocycles. The maximum atomic E-state index is 12.8. The Bertz CT molecular complexity index is 581. The minimum absolute atomic E-state index is 0.00424. The summed E-state index contributed by atoms with van der Waals surface area (Å²) in [4.78, 5) is 17.4. The van der Waals surface area contributed by atoms with Crippen molar-refractivity contribution in [2.45, 2.75) is 25.3 Å². The number of carbonyl (C=O) groups excluding carboxylic acids is 1. The van der Waals surface area contributed by atoms with E-state index in [1.54, 1.807) is 0 Å². The molecule has 1 fully saturated rings. The standard InChI is InChI=1S/C19H32N4O2/c1-15-5-6-17(25-12-9-20)16(13-15)18(24)21-14-19(22(2)3)7-10-23(4)11-8-19/h5-6,13H,7-12,14,20H2,1-4H3,(H,21,24). The Kier molecular flexibility index (Phi) is 6.81. The van der Waals surface area contributed by atoms with Crippen LogP contribution in [-0.2, 0) is 0 Å². The predicted molar refractivity (Wildman–Crippen MR) is 101 cm³/mol. The topological polar surface area (TPSA) is 70.8 Å². The van der Waals surface area contributed by atoms with Crippen LogP contribution in [0.15, 0.2) is 18.2 Å². The van der Waals surface area contributed by atoms with E-state index in [-0.39, 0.29) is 11.4 Å². The normalized spacial score (nSPS) is 17.5. The van der Waals surface area contributed by atoms with Crippen molar-refractivity contribution in [1.29, 1.82) is 0 Å². The van der Waals surface area contributed by atoms with Gasteiger partial charge in [-0.3, -0.25) is 4.79 Å². The summed E-state index contributed by atoms with van der Waals surface area (Å²) in [7, 11) is 6.34. The third-order valence-electron chi connectivity index (χ3n) is 5.20. The number of likely N-dealkylation sites (tertiary alicyclic amines) is 1. The lowest BCUT2D eigenvalue weighted by Crippen LogP contribution is -2.57. The average molecular weight is 348 g/mol. The van der Waals surface area contributed by atoms with E-state index < -0.39 is 0 Å². The first-order valence-corrected chi connectivity index (χ1v) is 8.96. The zero-order chi connectivity index (χ0) is 18.4.